The zero-order valence-electron chi connectivity index (χ0n) is 10.4. The molecule has 98 valence electrons. The lowest BCUT2D eigenvalue weighted by Crippen LogP contribution is -2.19. The van der Waals surface area contributed by atoms with Gasteiger partial charge >= 0.3 is 0 Å². The smallest absolute Gasteiger partial charge is 0.253 e. The minimum absolute atomic E-state index is 0.145. The topological polar surface area (TPSA) is 67.2 Å². The molecule has 2 aromatic rings. The molecule has 4 N–H and O–H groups in total. The quantitative estimate of drug-likeness (QED) is 0.577. The number of nitrogens with two attached hydrogens (primary N) is 1. The Balaban J connectivity index is 2.35. The molecule has 5 heteroatoms. The van der Waals surface area contributed by atoms with Gasteiger partial charge in [-0.3, -0.25) is 4.79 Å². The summed E-state index contributed by atoms with van der Waals surface area (Å²) >= 11 is 2.24. The van der Waals surface area contributed by atoms with E-state index in [1.165, 1.54) is 0 Å². The number of benzene rings is 2. The molecule has 0 heterocycles. The number of nitrogens with one attached hydrogen (secondary N) is 2. The predicted octanol–water partition coefficient (Wildman–Crippen LogP) is 2.98. The third kappa shape index (κ3) is 3.37. The Bertz CT molecular complexity index is 596. The molecule has 0 aliphatic carbocycles. The largest absolute Gasteiger partial charge is 0.399 e. The van der Waals surface area contributed by atoms with Crippen LogP contribution in [0.4, 0.5) is 17.1 Å². The first kappa shape index (κ1) is 13.7. The number of nitrogen functional groups attached to an aromatic ring is 1. The molecule has 2 rings (SSSR count). The number of carbonyl (C=O) groups excluding carboxylic acids is 1. The van der Waals surface area contributed by atoms with E-state index in [2.05, 4.69) is 33.2 Å². The highest BCUT2D eigenvalue weighted by molar-refractivity contribution is 14.1. The minimum Gasteiger partial charge on any atom is -0.399 e. The van der Waals surface area contributed by atoms with Gasteiger partial charge in [0, 0.05) is 22.0 Å². The Hall–Kier alpha value is -1.76. The summed E-state index contributed by atoms with van der Waals surface area (Å²) < 4.78 is 1.15. The Kier molecular flexibility index (Phi) is 4.26. The van der Waals surface area contributed by atoms with Crippen molar-refractivity contribution in [1.29, 1.82) is 0 Å². The average molecular weight is 367 g/mol. The second-order valence-electron chi connectivity index (χ2n) is 4.02. The number of anilines is 3. The number of rotatable bonds is 3. The first-order valence-electron chi connectivity index (χ1n) is 5.74. The second kappa shape index (κ2) is 5.92. The molecule has 0 fully saturated rings. The van der Waals surface area contributed by atoms with Crippen molar-refractivity contribution in [2.24, 2.45) is 0 Å². The molecule has 2 aromatic carbocycles. The predicted molar refractivity (Wildman–Crippen MR) is 86.7 cm³/mol. The minimum atomic E-state index is -0.145. The maximum Gasteiger partial charge on any atom is 0.253 e. The number of hydrogen-bond acceptors (Lipinski definition) is 3. The highest BCUT2D eigenvalue weighted by atomic mass is 127. The maximum absolute atomic E-state index is 11.8. The molecule has 0 bridgehead atoms. The molecule has 0 radical (unpaired) electrons. The first-order chi connectivity index (χ1) is 9.10. The molecule has 0 atom stereocenters. The molecule has 19 heavy (non-hydrogen) atoms. The summed E-state index contributed by atoms with van der Waals surface area (Å²) in [5, 5.41) is 5.83. The highest BCUT2D eigenvalue weighted by Crippen LogP contribution is 2.24. The van der Waals surface area contributed by atoms with E-state index in [0.717, 1.165) is 9.26 Å². The molecule has 4 nitrogen and oxygen atoms in total. The van der Waals surface area contributed by atoms with Gasteiger partial charge in [0.15, 0.2) is 0 Å². The zero-order valence-corrected chi connectivity index (χ0v) is 12.6. The Morgan fingerprint density at radius 1 is 1.16 bits per heavy atom. The normalized spacial score (nSPS) is 10.0. The molecule has 0 aromatic heterocycles. The van der Waals surface area contributed by atoms with Crippen molar-refractivity contribution in [3.63, 3.8) is 0 Å². The van der Waals surface area contributed by atoms with Gasteiger partial charge in [-0.15, -0.1) is 0 Å². The molecule has 0 aliphatic heterocycles. The summed E-state index contributed by atoms with van der Waals surface area (Å²) in [7, 11) is 1.60. The van der Waals surface area contributed by atoms with Crippen LogP contribution in [0.2, 0.25) is 0 Å². The van der Waals surface area contributed by atoms with Gasteiger partial charge in [-0.05, 0) is 65.1 Å². The Morgan fingerprint density at radius 2 is 1.84 bits per heavy atom. The number of amides is 1. The fourth-order valence-corrected chi connectivity index (χ4v) is 2.05. The van der Waals surface area contributed by atoms with Crippen LogP contribution in [-0.2, 0) is 0 Å². The van der Waals surface area contributed by atoms with Crippen molar-refractivity contribution in [2.75, 3.05) is 18.1 Å². The molecule has 0 aliphatic rings. The van der Waals surface area contributed by atoms with Crippen LogP contribution in [-0.4, -0.2) is 13.0 Å². The molecular formula is C14H14IN3O. The number of carbonyl (C=O) groups is 1. The van der Waals surface area contributed by atoms with E-state index in [9.17, 15) is 4.79 Å². The van der Waals surface area contributed by atoms with Gasteiger partial charge in [0.25, 0.3) is 5.91 Å². The summed E-state index contributed by atoms with van der Waals surface area (Å²) in [6.07, 6.45) is 0. The lowest BCUT2D eigenvalue weighted by Gasteiger charge is -2.12. The van der Waals surface area contributed by atoms with E-state index in [1.54, 1.807) is 25.2 Å². The van der Waals surface area contributed by atoms with Gasteiger partial charge in [-0.1, -0.05) is 0 Å². The summed E-state index contributed by atoms with van der Waals surface area (Å²) in [6.45, 7) is 0. The van der Waals surface area contributed by atoms with Crippen LogP contribution < -0.4 is 16.4 Å². The van der Waals surface area contributed by atoms with Gasteiger partial charge in [0.05, 0.1) is 11.3 Å². The van der Waals surface area contributed by atoms with Crippen LogP contribution in [0.15, 0.2) is 42.5 Å². The Labute approximate surface area is 125 Å². The Morgan fingerprint density at radius 3 is 2.47 bits per heavy atom. The SMILES string of the molecule is CNC(=O)c1ccc(N)cc1Nc1ccc(I)cc1. The highest BCUT2D eigenvalue weighted by Gasteiger charge is 2.10. The summed E-state index contributed by atoms with van der Waals surface area (Å²) in [4.78, 5) is 11.8. The van der Waals surface area contributed by atoms with Crippen molar-refractivity contribution in [3.05, 3.63) is 51.6 Å². The monoisotopic (exact) mass is 367 g/mol. The zero-order chi connectivity index (χ0) is 13.8. The van der Waals surface area contributed by atoms with E-state index in [0.29, 0.717) is 16.9 Å². The van der Waals surface area contributed by atoms with Crippen molar-refractivity contribution in [3.8, 4) is 0 Å². The maximum atomic E-state index is 11.8. The van der Waals surface area contributed by atoms with Crippen LogP contribution in [0.5, 0.6) is 0 Å². The van der Waals surface area contributed by atoms with Gasteiger partial charge < -0.3 is 16.4 Å². The van der Waals surface area contributed by atoms with E-state index >= 15 is 0 Å². The van der Waals surface area contributed by atoms with Crippen molar-refractivity contribution in [1.82, 2.24) is 5.32 Å². The summed E-state index contributed by atoms with van der Waals surface area (Å²) in [5.74, 6) is -0.145. The van der Waals surface area contributed by atoms with Crippen molar-refractivity contribution in [2.45, 2.75) is 0 Å². The number of hydrogen-bond donors (Lipinski definition) is 3. The molecule has 0 spiro atoms. The van der Waals surface area contributed by atoms with Gasteiger partial charge in [0.2, 0.25) is 0 Å². The standard InChI is InChI=1S/C14H14IN3O/c1-17-14(19)12-7-4-10(16)8-13(12)18-11-5-2-9(15)3-6-11/h2-8,18H,16H2,1H3,(H,17,19). The van der Waals surface area contributed by atoms with Gasteiger partial charge in [-0.25, -0.2) is 0 Å². The van der Waals surface area contributed by atoms with E-state index in [4.69, 9.17) is 5.73 Å². The van der Waals surface area contributed by atoms with Crippen LogP contribution in [0, 0.1) is 3.57 Å². The average Bonchev–Trinajstić information content (AvgIpc) is 2.41. The van der Waals surface area contributed by atoms with Crippen molar-refractivity contribution < 1.29 is 4.79 Å². The summed E-state index contributed by atoms with van der Waals surface area (Å²) in [5.41, 5.74) is 8.56. The van der Waals surface area contributed by atoms with Gasteiger partial charge in [0.1, 0.15) is 0 Å². The molecule has 0 unspecified atom stereocenters. The second-order valence-corrected chi connectivity index (χ2v) is 5.26. The summed E-state index contributed by atoms with van der Waals surface area (Å²) in [6, 6.07) is 13.1. The molecular weight excluding hydrogens is 353 g/mol. The fraction of sp³-hybridized carbons (Fsp3) is 0.0714. The van der Waals surface area contributed by atoms with Gasteiger partial charge in [-0.2, -0.15) is 0 Å². The van der Waals surface area contributed by atoms with Crippen molar-refractivity contribution >= 4 is 45.6 Å². The van der Waals surface area contributed by atoms with E-state index in [-0.39, 0.29) is 5.91 Å². The lowest BCUT2D eigenvalue weighted by molar-refractivity contribution is 0.0964. The third-order valence-corrected chi connectivity index (χ3v) is 3.36. The van der Waals surface area contributed by atoms with Crippen LogP contribution >= 0.6 is 22.6 Å². The third-order valence-electron chi connectivity index (χ3n) is 2.64. The molecule has 0 saturated carbocycles. The molecule has 1 amide bonds. The number of halogens is 1. The van der Waals surface area contributed by atoms with E-state index in [1.807, 2.05) is 24.3 Å². The fourth-order valence-electron chi connectivity index (χ4n) is 1.69. The first-order valence-corrected chi connectivity index (χ1v) is 6.82. The van der Waals surface area contributed by atoms with Crippen LogP contribution in [0.1, 0.15) is 10.4 Å². The van der Waals surface area contributed by atoms with Crippen LogP contribution in [0.25, 0.3) is 0 Å². The lowest BCUT2D eigenvalue weighted by atomic mass is 10.1. The molecule has 0 saturated heterocycles. The van der Waals surface area contributed by atoms with E-state index < -0.39 is 0 Å². The van der Waals surface area contributed by atoms with Crippen LogP contribution in [0.3, 0.4) is 0 Å².